The van der Waals surface area contributed by atoms with Gasteiger partial charge in [0.15, 0.2) is 0 Å². The van der Waals surface area contributed by atoms with Crippen LogP contribution in [0.15, 0.2) is 59.5 Å². The summed E-state index contributed by atoms with van der Waals surface area (Å²) in [6.07, 6.45) is 1.63. The van der Waals surface area contributed by atoms with Crippen LogP contribution < -0.4 is 10.9 Å². The molecule has 0 radical (unpaired) electrons. The molecule has 7 nitrogen and oxygen atoms in total. The van der Waals surface area contributed by atoms with E-state index in [1.165, 1.54) is 4.68 Å². The average Bonchev–Trinajstić information content (AvgIpc) is 3.11. The molecule has 0 fully saturated rings. The number of para-hydroxylation sites is 1. The quantitative estimate of drug-likeness (QED) is 0.583. The Morgan fingerprint density at radius 2 is 1.72 bits per heavy atom. The third-order valence-corrected chi connectivity index (χ3v) is 4.67. The molecule has 4 rings (SSSR count). The van der Waals surface area contributed by atoms with Crippen molar-refractivity contribution < 1.29 is 4.79 Å². The number of nitrogens with zero attached hydrogens (tertiary/aromatic N) is 4. The van der Waals surface area contributed by atoms with Crippen LogP contribution in [0.25, 0.3) is 16.6 Å². The Kier molecular flexibility index (Phi) is 4.72. The van der Waals surface area contributed by atoms with E-state index in [1.54, 1.807) is 17.8 Å². The lowest BCUT2D eigenvalue weighted by Gasteiger charge is -2.10. The topological polar surface area (TPSA) is 81.8 Å². The molecule has 7 heteroatoms. The number of carbonyl (C=O) groups is 1. The summed E-state index contributed by atoms with van der Waals surface area (Å²) < 4.78 is 2.78. The molecule has 146 valence electrons. The Bertz CT molecular complexity index is 1250. The van der Waals surface area contributed by atoms with Gasteiger partial charge in [0, 0.05) is 11.1 Å². The lowest BCUT2D eigenvalue weighted by molar-refractivity contribution is -0.117. The standard InChI is InChI=1S/C22H21N5O2/c1-14-9-15(2)11-17(10-14)24-20(28)13-26-22(29)21-19(16(3)25-26)12-23-27(21)18-7-5-4-6-8-18/h4-12H,13H2,1-3H3,(H,24,28). The molecule has 0 bridgehead atoms. The molecule has 2 heterocycles. The highest BCUT2D eigenvalue weighted by atomic mass is 16.2. The Morgan fingerprint density at radius 1 is 1.03 bits per heavy atom. The number of aryl methyl sites for hydroxylation is 3. The highest BCUT2D eigenvalue weighted by Gasteiger charge is 2.16. The summed E-state index contributed by atoms with van der Waals surface area (Å²) in [5.41, 5.74) is 4.27. The number of rotatable bonds is 4. The molecule has 0 spiro atoms. The Morgan fingerprint density at radius 3 is 2.41 bits per heavy atom. The fourth-order valence-corrected chi connectivity index (χ4v) is 3.48. The van der Waals surface area contributed by atoms with Gasteiger partial charge >= 0.3 is 0 Å². The largest absolute Gasteiger partial charge is 0.324 e. The minimum atomic E-state index is -0.359. The van der Waals surface area contributed by atoms with Crippen molar-refractivity contribution in [2.45, 2.75) is 27.3 Å². The molecule has 0 unspecified atom stereocenters. The van der Waals surface area contributed by atoms with E-state index in [-0.39, 0.29) is 18.0 Å². The third kappa shape index (κ3) is 3.67. The van der Waals surface area contributed by atoms with Gasteiger partial charge in [0.1, 0.15) is 12.1 Å². The molecule has 1 N–H and O–H groups in total. The van der Waals surface area contributed by atoms with Crippen LogP contribution in [-0.4, -0.2) is 25.5 Å². The van der Waals surface area contributed by atoms with Crippen LogP contribution in [-0.2, 0) is 11.3 Å². The minimum Gasteiger partial charge on any atom is -0.324 e. The van der Waals surface area contributed by atoms with Gasteiger partial charge in [-0.15, -0.1) is 0 Å². The predicted octanol–water partition coefficient (Wildman–Crippen LogP) is 3.15. The Labute approximate surface area is 167 Å². The molecule has 0 aliphatic carbocycles. The molecule has 1 amide bonds. The highest BCUT2D eigenvalue weighted by Crippen LogP contribution is 2.17. The number of nitrogens with one attached hydrogen (secondary N) is 1. The number of hydrogen-bond donors (Lipinski definition) is 1. The molecule has 29 heavy (non-hydrogen) atoms. The molecule has 2 aromatic carbocycles. The van der Waals surface area contributed by atoms with Crippen molar-refractivity contribution in [3.05, 3.63) is 81.9 Å². The fourth-order valence-electron chi connectivity index (χ4n) is 3.48. The molecular weight excluding hydrogens is 366 g/mol. The van der Waals surface area contributed by atoms with Crippen LogP contribution in [0, 0.1) is 20.8 Å². The van der Waals surface area contributed by atoms with E-state index in [4.69, 9.17) is 0 Å². The van der Waals surface area contributed by atoms with Gasteiger partial charge in [-0.25, -0.2) is 9.36 Å². The minimum absolute atomic E-state index is 0.178. The molecule has 2 aromatic heterocycles. The van der Waals surface area contributed by atoms with Crippen LogP contribution in [0.5, 0.6) is 0 Å². The first-order valence-electron chi connectivity index (χ1n) is 9.31. The van der Waals surface area contributed by atoms with Crippen molar-refractivity contribution in [3.8, 4) is 5.69 Å². The number of benzene rings is 2. The van der Waals surface area contributed by atoms with E-state index in [2.05, 4.69) is 15.5 Å². The van der Waals surface area contributed by atoms with Gasteiger partial charge in [-0.2, -0.15) is 10.2 Å². The number of anilines is 1. The maximum absolute atomic E-state index is 13.1. The van der Waals surface area contributed by atoms with Gasteiger partial charge in [0.05, 0.1) is 17.6 Å². The van der Waals surface area contributed by atoms with Crippen molar-refractivity contribution in [3.63, 3.8) is 0 Å². The van der Waals surface area contributed by atoms with Crippen molar-refractivity contribution in [1.82, 2.24) is 19.6 Å². The number of amides is 1. The predicted molar refractivity (Wildman–Crippen MR) is 112 cm³/mol. The maximum atomic E-state index is 13.1. The summed E-state index contributed by atoms with van der Waals surface area (Å²) in [6.45, 7) is 5.56. The number of fused-ring (bicyclic) bond motifs is 1. The Hall–Kier alpha value is -3.74. The summed E-state index contributed by atoms with van der Waals surface area (Å²) in [4.78, 5) is 25.7. The van der Waals surface area contributed by atoms with E-state index in [9.17, 15) is 9.59 Å². The molecule has 0 saturated heterocycles. The van der Waals surface area contributed by atoms with E-state index in [0.29, 0.717) is 22.3 Å². The molecular formula is C22H21N5O2. The second-order valence-electron chi connectivity index (χ2n) is 7.13. The normalized spacial score (nSPS) is 11.0. The second kappa shape index (κ2) is 7.35. The van der Waals surface area contributed by atoms with Crippen molar-refractivity contribution in [2.24, 2.45) is 0 Å². The van der Waals surface area contributed by atoms with Crippen LogP contribution in [0.2, 0.25) is 0 Å². The van der Waals surface area contributed by atoms with E-state index in [0.717, 1.165) is 16.8 Å². The summed E-state index contributed by atoms with van der Waals surface area (Å²) >= 11 is 0. The van der Waals surface area contributed by atoms with Crippen molar-refractivity contribution in [1.29, 1.82) is 0 Å². The maximum Gasteiger partial charge on any atom is 0.293 e. The molecule has 4 aromatic rings. The van der Waals surface area contributed by atoms with Gasteiger partial charge in [-0.1, -0.05) is 24.3 Å². The van der Waals surface area contributed by atoms with Crippen molar-refractivity contribution >= 4 is 22.5 Å². The van der Waals surface area contributed by atoms with Crippen LogP contribution in [0.3, 0.4) is 0 Å². The monoisotopic (exact) mass is 387 g/mol. The van der Waals surface area contributed by atoms with E-state index in [1.807, 2.05) is 62.4 Å². The highest BCUT2D eigenvalue weighted by molar-refractivity contribution is 5.91. The van der Waals surface area contributed by atoms with Gasteiger partial charge in [0.2, 0.25) is 5.91 Å². The molecule has 0 saturated carbocycles. The van der Waals surface area contributed by atoms with Gasteiger partial charge in [-0.3, -0.25) is 9.59 Å². The van der Waals surface area contributed by atoms with Crippen LogP contribution in [0.4, 0.5) is 5.69 Å². The first kappa shape index (κ1) is 18.6. The van der Waals surface area contributed by atoms with Gasteiger partial charge < -0.3 is 5.32 Å². The lowest BCUT2D eigenvalue weighted by Crippen LogP contribution is -2.31. The van der Waals surface area contributed by atoms with Gasteiger partial charge in [0.25, 0.3) is 5.56 Å². The summed E-state index contributed by atoms with van der Waals surface area (Å²) in [6, 6.07) is 15.2. The zero-order valence-corrected chi connectivity index (χ0v) is 16.5. The summed E-state index contributed by atoms with van der Waals surface area (Å²) in [7, 11) is 0. The van der Waals surface area contributed by atoms with E-state index >= 15 is 0 Å². The number of carbonyl (C=O) groups excluding carboxylic acids is 1. The first-order chi connectivity index (χ1) is 13.9. The molecule has 0 aliphatic rings. The number of aromatic nitrogens is 4. The SMILES string of the molecule is Cc1cc(C)cc(NC(=O)Cn2nc(C)c3cnn(-c4ccccc4)c3c2=O)c1. The fraction of sp³-hybridized carbons (Fsp3) is 0.182. The average molecular weight is 387 g/mol. The summed E-state index contributed by atoms with van der Waals surface area (Å²) in [5, 5.41) is 12.2. The third-order valence-electron chi connectivity index (χ3n) is 4.67. The second-order valence-corrected chi connectivity index (χ2v) is 7.13. The Balaban J connectivity index is 1.70. The lowest BCUT2D eigenvalue weighted by atomic mass is 10.1. The first-order valence-corrected chi connectivity index (χ1v) is 9.31. The van der Waals surface area contributed by atoms with Crippen LogP contribution >= 0.6 is 0 Å². The van der Waals surface area contributed by atoms with Crippen LogP contribution in [0.1, 0.15) is 16.8 Å². The number of hydrogen-bond acceptors (Lipinski definition) is 4. The smallest absolute Gasteiger partial charge is 0.293 e. The summed E-state index contributed by atoms with van der Waals surface area (Å²) in [5.74, 6) is -0.311. The molecule has 0 aliphatic heterocycles. The van der Waals surface area contributed by atoms with Crippen molar-refractivity contribution in [2.75, 3.05) is 5.32 Å². The zero-order chi connectivity index (χ0) is 20.5. The van der Waals surface area contributed by atoms with Gasteiger partial charge in [-0.05, 0) is 56.2 Å². The van der Waals surface area contributed by atoms with E-state index < -0.39 is 0 Å². The molecule has 0 atom stereocenters. The zero-order valence-electron chi connectivity index (χ0n) is 16.5.